The Hall–Kier alpha value is -1.34. The first kappa shape index (κ1) is 16.5. The second-order valence-electron chi connectivity index (χ2n) is 5.30. The Morgan fingerprint density at radius 2 is 2.00 bits per heavy atom. The number of aromatic nitrogens is 2. The Kier molecular flexibility index (Phi) is 5.38. The van der Waals surface area contributed by atoms with Crippen LogP contribution in [0.25, 0.3) is 0 Å². The third-order valence-electron chi connectivity index (χ3n) is 3.67. The molecule has 0 aliphatic carbocycles. The zero-order valence-corrected chi connectivity index (χ0v) is 15.4. The molecule has 0 fully saturated rings. The van der Waals surface area contributed by atoms with Crippen LogP contribution in [0.2, 0.25) is 0 Å². The van der Waals surface area contributed by atoms with Gasteiger partial charge < -0.3 is 14.0 Å². The van der Waals surface area contributed by atoms with Gasteiger partial charge >= 0.3 is 0 Å². The van der Waals surface area contributed by atoms with Crippen LogP contribution in [-0.4, -0.2) is 27.0 Å². The number of ether oxygens (including phenoxy) is 2. The molecule has 1 atom stereocenters. The summed E-state index contributed by atoms with van der Waals surface area (Å²) in [6.07, 6.45) is 4.53. The number of hydrogen-bond acceptors (Lipinski definition) is 4. The van der Waals surface area contributed by atoms with Crippen molar-refractivity contribution >= 4 is 26.7 Å². The lowest BCUT2D eigenvalue weighted by molar-refractivity contribution is 0.297. The number of benzene rings is 1. The summed E-state index contributed by atoms with van der Waals surface area (Å²) in [5, 5.41) is 0. The molecule has 0 radical (unpaired) electrons. The molecule has 0 N–H and O–H groups in total. The average molecular weight is 399 g/mol. The lowest BCUT2D eigenvalue weighted by atomic mass is 10.2. The van der Waals surface area contributed by atoms with E-state index >= 15 is 0 Å². The molecule has 3 rings (SSSR count). The molecular weight excluding hydrogens is 380 g/mol. The van der Waals surface area contributed by atoms with Crippen LogP contribution in [0, 0.1) is 0 Å². The smallest absolute Gasteiger partial charge is 0.162 e. The molecule has 7 heteroatoms. The highest BCUT2D eigenvalue weighted by Crippen LogP contribution is 2.35. The van der Waals surface area contributed by atoms with E-state index in [2.05, 4.69) is 27.8 Å². The van der Waals surface area contributed by atoms with Crippen LogP contribution >= 0.6 is 15.9 Å². The Labute approximate surface area is 146 Å². The summed E-state index contributed by atoms with van der Waals surface area (Å²) in [7, 11) is -1.04. The number of nitrogens with zero attached hydrogens (tertiary/aromatic N) is 2. The average Bonchev–Trinajstić information content (AvgIpc) is 2.85. The van der Waals surface area contributed by atoms with Gasteiger partial charge in [0.2, 0.25) is 0 Å². The molecule has 0 spiro atoms. The van der Waals surface area contributed by atoms with Gasteiger partial charge in [-0.05, 0) is 24.6 Å². The van der Waals surface area contributed by atoms with Gasteiger partial charge in [0, 0.05) is 40.6 Å². The van der Waals surface area contributed by atoms with Gasteiger partial charge in [-0.1, -0.05) is 15.9 Å². The molecule has 2 aromatic rings. The van der Waals surface area contributed by atoms with Crippen molar-refractivity contribution in [1.82, 2.24) is 9.55 Å². The number of rotatable bonds is 5. The SMILES string of the molecule is CCn1ccnc1CS(=O)Cc1cc2c(cc1Br)OCCCO2. The lowest BCUT2D eigenvalue weighted by Crippen LogP contribution is -2.07. The van der Waals surface area contributed by atoms with E-state index in [0.29, 0.717) is 24.7 Å². The monoisotopic (exact) mass is 398 g/mol. The number of imidazole rings is 1. The maximum Gasteiger partial charge on any atom is 0.162 e. The summed E-state index contributed by atoms with van der Waals surface area (Å²) in [4.78, 5) is 4.29. The minimum absolute atomic E-state index is 0.446. The van der Waals surface area contributed by atoms with Crippen molar-refractivity contribution in [3.63, 3.8) is 0 Å². The van der Waals surface area contributed by atoms with Crippen molar-refractivity contribution < 1.29 is 13.7 Å². The molecule has 23 heavy (non-hydrogen) atoms. The predicted octanol–water partition coefficient (Wildman–Crippen LogP) is 3.28. The fourth-order valence-corrected chi connectivity index (χ4v) is 4.34. The van der Waals surface area contributed by atoms with Gasteiger partial charge in [0.15, 0.2) is 11.5 Å². The number of aryl methyl sites for hydroxylation is 1. The van der Waals surface area contributed by atoms with Gasteiger partial charge in [-0.3, -0.25) is 4.21 Å². The highest BCUT2D eigenvalue weighted by atomic mass is 79.9. The first-order valence-electron chi connectivity index (χ1n) is 7.60. The summed E-state index contributed by atoms with van der Waals surface area (Å²) >= 11 is 3.54. The number of halogens is 1. The largest absolute Gasteiger partial charge is 0.490 e. The lowest BCUT2D eigenvalue weighted by Gasteiger charge is -2.12. The molecule has 0 saturated heterocycles. The minimum atomic E-state index is -1.04. The van der Waals surface area contributed by atoms with Crippen LogP contribution < -0.4 is 9.47 Å². The summed E-state index contributed by atoms with van der Waals surface area (Å²) in [5.74, 6) is 3.23. The first-order chi connectivity index (χ1) is 11.2. The zero-order chi connectivity index (χ0) is 16.2. The van der Waals surface area contributed by atoms with Crippen molar-refractivity contribution in [3.8, 4) is 11.5 Å². The van der Waals surface area contributed by atoms with Crippen LogP contribution in [-0.2, 0) is 28.9 Å². The summed E-state index contributed by atoms with van der Waals surface area (Å²) in [6.45, 7) is 4.18. The summed E-state index contributed by atoms with van der Waals surface area (Å²) in [5.41, 5.74) is 0.960. The van der Waals surface area contributed by atoms with Crippen molar-refractivity contribution in [1.29, 1.82) is 0 Å². The van der Waals surface area contributed by atoms with E-state index in [-0.39, 0.29) is 0 Å². The summed E-state index contributed by atoms with van der Waals surface area (Å²) in [6, 6.07) is 3.83. The second kappa shape index (κ2) is 7.49. The van der Waals surface area contributed by atoms with E-state index in [1.165, 1.54) is 0 Å². The van der Waals surface area contributed by atoms with E-state index < -0.39 is 10.8 Å². The standard InChI is InChI=1S/C16H19BrN2O3S/c1-2-19-5-4-18-16(19)11-23(20)10-12-8-14-15(9-13(12)17)22-7-3-6-21-14/h4-5,8-9H,2-3,6-7,10-11H2,1H3. The predicted molar refractivity (Wildman–Crippen MR) is 93.2 cm³/mol. The van der Waals surface area contributed by atoms with Gasteiger partial charge in [-0.15, -0.1) is 0 Å². The Morgan fingerprint density at radius 1 is 1.26 bits per heavy atom. The van der Waals surface area contributed by atoms with Crippen LogP contribution in [0.15, 0.2) is 29.0 Å². The van der Waals surface area contributed by atoms with Crippen LogP contribution in [0.3, 0.4) is 0 Å². The molecule has 5 nitrogen and oxygen atoms in total. The quantitative estimate of drug-likeness (QED) is 0.775. The molecule has 0 amide bonds. The molecule has 1 aliphatic heterocycles. The number of fused-ring (bicyclic) bond motifs is 1. The van der Waals surface area contributed by atoms with Gasteiger partial charge in [0.25, 0.3) is 0 Å². The van der Waals surface area contributed by atoms with Gasteiger partial charge in [0.05, 0.1) is 24.7 Å². The third-order valence-corrected chi connectivity index (χ3v) is 5.62. The van der Waals surface area contributed by atoms with Crippen LogP contribution in [0.4, 0.5) is 0 Å². The summed E-state index contributed by atoms with van der Waals surface area (Å²) < 4.78 is 26.8. The Balaban J connectivity index is 1.74. The zero-order valence-electron chi connectivity index (χ0n) is 13.0. The van der Waals surface area contributed by atoms with Crippen molar-refractivity contribution in [2.45, 2.75) is 31.4 Å². The fraction of sp³-hybridized carbons (Fsp3) is 0.438. The maximum atomic E-state index is 12.5. The molecule has 0 bridgehead atoms. The van der Waals surface area contributed by atoms with E-state index in [9.17, 15) is 4.21 Å². The topological polar surface area (TPSA) is 53.4 Å². The van der Waals surface area contributed by atoms with Gasteiger partial charge in [0.1, 0.15) is 5.82 Å². The minimum Gasteiger partial charge on any atom is -0.490 e. The van der Waals surface area contributed by atoms with Crippen molar-refractivity contribution in [2.24, 2.45) is 0 Å². The highest BCUT2D eigenvalue weighted by molar-refractivity contribution is 9.10. The maximum absolute atomic E-state index is 12.5. The van der Waals surface area contributed by atoms with Crippen LogP contribution in [0.5, 0.6) is 11.5 Å². The Bertz CT molecular complexity index is 717. The Morgan fingerprint density at radius 3 is 2.74 bits per heavy atom. The molecule has 124 valence electrons. The molecule has 1 aliphatic rings. The molecule has 1 unspecified atom stereocenters. The first-order valence-corrected chi connectivity index (χ1v) is 9.88. The van der Waals surface area contributed by atoms with E-state index in [1.54, 1.807) is 6.20 Å². The highest BCUT2D eigenvalue weighted by Gasteiger charge is 2.16. The molecular formula is C16H19BrN2O3S. The molecule has 1 aromatic heterocycles. The number of hydrogen-bond donors (Lipinski definition) is 0. The molecule has 0 saturated carbocycles. The molecule has 2 heterocycles. The van der Waals surface area contributed by atoms with Crippen LogP contribution in [0.1, 0.15) is 24.7 Å². The van der Waals surface area contributed by atoms with Crippen molar-refractivity contribution in [2.75, 3.05) is 13.2 Å². The van der Waals surface area contributed by atoms with Gasteiger partial charge in [-0.2, -0.15) is 0 Å². The van der Waals surface area contributed by atoms with Crippen molar-refractivity contribution in [3.05, 3.63) is 40.4 Å². The van der Waals surface area contributed by atoms with E-state index in [0.717, 1.165) is 40.3 Å². The second-order valence-corrected chi connectivity index (χ2v) is 7.61. The molecule has 1 aromatic carbocycles. The normalized spacial score (nSPS) is 15.2. The van der Waals surface area contributed by atoms with E-state index in [4.69, 9.17) is 9.47 Å². The van der Waals surface area contributed by atoms with Gasteiger partial charge in [-0.25, -0.2) is 4.98 Å². The third kappa shape index (κ3) is 3.95. The van der Waals surface area contributed by atoms with E-state index in [1.807, 2.05) is 22.9 Å². The fourth-order valence-electron chi connectivity index (χ4n) is 2.47.